The van der Waals surface area contributed by atoms with Crippen LogP contribution >= 0.6 is 0 Å². The first-order valence-electron chi connectivity index (χ1n) is 9.99. The molecule has 5 rings (SSSR count). The molecule has 0 radical (unpaired) electrons. The molecule has 0 aliphatic carbocycles. The summed E-state index contributed by atoms with van der Waals surface area (Å²) >= 11 is 0. The van der Waals surface area contributed by atoms with E-state index in [2.05, 4.69) is 56.4 Å². The van der Waals surface area contributed by atoms with Gasteiger partial charge in [-0.3, -0.25) is 9.69 Å². The van der Waals surface area contributed by atoms with Gasteiger partial charge in [0, 0.05) is 32.2 Å². The van der Waals surface area contributed by atoms with Gasteiger partial charge in [-0.05, 0) is 37.1 Å². The Bertz CT molecular complexity index is 837. The highest BCUT2D eigenvalue weighted by molar-refractivity contribution is 6.04. The van der Waals surface area contributed by atoms with Crippen molar-refractivity contribution in [1.82, 2.24) is 10.2 Å². The van der Waals surface area contributed by atoms with E-state index in [1.165, 1.54) is 24.1 Å². The van der Waals surface area contributed by atoms with Gasteiger partial charge in [0.1, 0.15) is 0 Å². The number of anilines is 2. The topological polar surface area (TPSA) is 38.8 Å². The molecule has 5 heteroatoms. The third-order valence-corrected chi connectivity index (χ3v) is 6.05. The van der Waals surface area contributed by atoms with Crippen LogP contribution in [0.3, 0.4) is 0 Å². The molecule has 1 saturated heterocycles. The van der Waals surface area contributed by atoms with Crippen molar-refractivity contribution < 1.29 is 4.79 Å². The molecule has 0 spiro atoms. The predicted molar refractivity (Wildman–Crippen MR) is 108 cm³/mol. The second-order valence-corrected chi connectivity index (χ2v) is 7.82. The minimum absolute atomic E-state index is 0.0607. The van der Waals surface area contributed by atoms with E-state index < -0.39 is 0 Å². The molecule has 0 bridgehead atoms. The van der Waals surface area contributed by atoms with Gasteiger partial charge < -0.3 is 15.1 Å². The first-order chi connectivity index (χ1) is 13.3. The van der Waals surface area contributed by atoms with Crippen molar-refractivity contribution >= 4 is 17.3 Å². The van der Waals surface area contributed by atoms with Gasteiger partial charge in [0.05, 0.1) is 23.6 Å². The number of amides is 1. The quantitative estimate of drug-likeness (QED) is 0.911. The van der Waals surface area contributed by atoms with Crippen LogP contribution in [0, 0.1) is 0 Å². The van der Waals surface area contributed by atoms with Crippen molar-refractivity contribution in [3.05, 3.63) is 59.7 Å². The fourth-order valence-electron chi connectivity index (χ4n) is 4.77. The standard InChI is InChI=1S/C22H26N4O/c27-22-19-9-4-10-20-21(19)25(13-11-23-22)16-26(20)18-8-5-12-24(15-18)14-17-6-2-1-3-7-17/h1-4,6-7,9-10,18H,5,8,11-16H2,(H,23,27). The van der Waals surface area contributed by atoms with E-state index in [1.54, 1.807) is 0 Å². The zero-order valence-electron chi connectivity index (χ0n) is 15.6. The second kappa shape index (κ2) is 6.89. The molecule has 27 heavy (non-hydrogen) atoms. The predicted octanol–water partition coefficient (Wildman–Crippen LogP) is 2.68. The molecule has 3 aliphatic heterocycles. The van der Waals surface area contributed by atoms with Crippen molar-refractivity contribution in [2.75, 3.05) is 42.6 Å². The Balaban J connectivity index is 1.38. The van der Waals surface area contributed by atoms with E-state index in [9.17, 15) is 4.79 Å². The maximum Gasteiger partial charge on any atom is 0.253 e. The Kier molecular flexibility index (Phi) is 4.24. The van der Waals surface area contributed by atoms with E-state index in [0.717, 1.165) is 44.1 Å². The van der Waals surface area contributed by atoms with Gasteiger partial charge >= 0.3 is 0 Å². The van der Waals surface area contributed by atoms with Crippen LogP contribution in [0.5, 0.6) is 0 Å². The molecule has 1 N–H and O–H groups in total. The lowest BCUT2D eigenvalue weighted by molar-refractivity contribution is 0.0958. The van der Waals surface area contributed by atoms with Crippen molar-refractivity contribution in [1.29, 1.82) is 0 Å². The monoisotopic (exact) mass is 362 g/mol. The minimum atomic E-state index is 0.0607. The molecule has 2 aromatic carbocycles. The Hall–Kier alpha value is -2.53. The lowest BCUT2D eigenvalue weighted by Crippen LogP contribution is -2.49. The number of hydrogen-bond acceptors (Lipinski definition) is 4. The molecule has 1 atom stereocenters. The van der Waals surface area contributed by atoms with Gasteiger partial charge in [-0.1, -0.05) is 36.4 Å². The lowest BCUT2D eigenvalue weighted by atomic mass is 10.0. The smallest absolute Gasteiger partial charge is 0.253 e. The van der Waals surface area contributed by atoms with E-state index in [0.29, 0.717) is 12.6 Å². The van der Waals surface area contributed by atoms with Crippen LogP contribution in [-0.4, -0.2) is 49.7 Å². The zero-order chi connectivity index (χ0) is 18.2. The molecule has 1 unspecified atom stereocenters. The third kappa shape index (κ3) is 3.06. The summed E-state index contributed by atoms with van der Waals surface area (Å²) < 4.78 is 0. The summed E-state index contributed by atoms with van der Waals surface area (Å²) in [6.45, 7) is 5.75. The SMILES string of the molecule is O=C1NCCN2CN(C3CCCN(Cc4ccccc4)C3)c3cccc1c32. The number of piperidine rings is 1. The van der Waals surface area contributed by atoms with E-state index in [1.807, 2.05) is 12.1 Å². The largest absolute Gasteiger partial charge is 0.350 e. The molecule has 3 aliphatic rings. The van der Waals surface area contributed by atoms with Gasteiger partial charge in [0.2, 0.25) is 0 Å². The number of nitrogens with one attached hydrogen (secondary N) is 1. The van der Waals surface area contributed by atoms with Gasteiger partial charge in [0.25, 0.3) is 5.91 Å². The van der Waals surface area contributed by atoms with Crippen LogP contribution in [-0.2, 0) is 6.54 Å². The molecule has 0 saturated carbocycles. The number of carbonyl (C=O) groups is 1. The second-order valence-electron chi connectivity index (χ2n) is 7.82. The maximum absolute atomic E-state index is 12.4. The number of para-hydroxylation sites is 1. The van der Waals surface area contributed by atoms with Crippen LogP contribution in [0.2, 0.25) is 0 Å². The first kappa shape index (κ1) is 16.6. The number of hydrogen-bond donors (Lipinski definition) is 1. The molecule has 140 valence electrons. The van der Waals surface area contributed by atoms with Crippen molar-refractivity contribution in [3.63, 3.8) is 0 Å². The average molecular weight is 362 g/mol. The summed E-state index contributed by atoms with van der Waals surface area (Å²) in [5, 5.41) is 3.01. The van der Waals surface area contributed by atoms with E-state index >= 15 is 0 Å². The molecular formula is C22H26N4O. The highest BCUT2D eigenvalue weighted by atomic mass is 16.1. The van der Waals surface area contributed by atoms with Crippen molar-refractivity contribution in [3.8, 4) is 0 Å². The van der Waals surface area contributed by atoms with Crippen molar-refractivity contribution in [2.45, 2.75) is 25.4 Å². The zero-order valence-corrected chi connectivity index (χ0v) is 15.6. The fourth-order valence-corrected chi connectivity index (χ4v) is 4.77. The van der Waals surface area contributed by atoms with Gasteiger partial charge in [0.15, 0.2) is 0 Å². The average Bonchev–Trinajstić information content (AvgIpc) is 2.99. The summed E-state index contributed by atoms with van der Waals surface area (Å²) in [6, 6.07) is 17.4. The Labute approximate surface area is 160 Å². The normalized spacial score (nSPS) is 22.4. The lowest BCUT2D eigenvalue weighted by Gasteiger charge is -2.39. The van der Waals surface area contributed by atoms with Gasteiger partial charge in [-0.15, -0.1) is 0 Å². The van der Waals surface area contributed by atoms with Crippen molar-refractivity contribution in [2.24, 2.45) is 0 Å². The number of nitrogens with zero attached hydrogens (tertiary/aromatic N) is 3. The molecule has 5 nitrogen and oxygen atoms in total. The molecule has 3 heterocycles. The van der Waals surface area contributed by atoms with Crippen LogP contribution < -0.4 is 15.1 Å². The molecule has 0 aromatic heterocycles. The Morgan fingerprint density at radius 3 is 2.81 bits per heavy atom. The Morgan fingerprint density at radius 2 is 1.93 bits per heavy atom. The number of carbonyl (C=O) groups excluding carboxylic acids is 1. The number of likely N-dealkylation sites (tertiary alicyclic amines) is 1. The first-order valence-corrected chi connectivity index (χ1v) is 9.99. The summed E-state index contributed by atoms with van der Waals surface area (Å²) in [6.07, 6.45) is 2.44. The fraction of sp³-hybridized carbons (Fsp3) is 0.409. The van der Waals surface area contributed by atoms with Crippen LogP contribution in [0.15, 0.2) is 48.5 Å². The molecule has 1 amide bonds. The van der Waals surface area contributed by atoms with Crippen LogP contribution in [0.4, 0.5) is 11.4 Å². The minimum Gasteiger partial charge on any atom is -0.350 e. The maximum atomic E-state index is 12.4. The molecule has 2 aromatic rings. The molecule has 1 fully saturated rings. The van der Waals surface area contributed by atoms with E-state index in [-0.39, 0.29) is 5.91 Å². The summed E-state index contributed by atoms with van der Waals surface area (Å²) in [5.74, 6) is 0.0607. The highest BCUT2D eigenvalue weighted by Gasteiger charge is 2.36. The Morgan fingerprint density at radius 1 is 1.04 bits per heavy atom. The van der Waals surface area contributed by atoms with Crippen LogP contribution in [0.25, 0.3) is 0 Å². The van der Waals surface area contributed by atoms with E-state index in [4.69, 9.17) is 0 Å². The molecular weight excluding hydrogens is 336 g/mol. The summed E-state index contributed by atoms with van der Waals surface area (Å²) in [4.78, 5) is 19.9. The summed E-state index contributed by atoms with van der Waals surface area (Å²) in [5.41, 5.74) is 4.57. The van der Waals surface area contributed by atoms with Crippen LogP contribution in [0.1, 0.15) is 28.8 Å². The summed E-state index contributed by atoms with van der Waals surface area (Å²) in [7, 11) is 0. The number of rotatable bonds is 3. The third-order valence-electron chi connectivity index (χ3n) is 6.05. The highest BCUT2D eigenvalue weighted by Crippen LogP contribution is 2.41. The van der Waals surface area contributed by atoms with Gasteiger partial charge in [-0.25, -0.2) is 0 Å². The number of benzene rings is 2. The van der Waals surface area contributed by atoms with Gasteiger partial charge in [-0.2, -0.15) is 0 Å².